The third-order valence-corrected chi connectivity index (χ3v) is 3.44. The fourth-order valence-corrected chi connectivity index (χ4v) is 2.50. The lowest BCUT2D eigenvalue weighted by molar-refractivity contribution is 0.629. The van der Waals surface area contributed by atoms with Crippen molar-refractivity contribution in [2.75, 3.05) is 0 Å². The molecule has 2 aromatic carbocycles. The third kappa shape index (κ3) is 1.93. The van der Waals surface area contributed by atoms with E-state index in [4.69, 9.17) is 0 Å². The highest BCUT2D eigenvalue weighted by Crippen LogP contribution is 2.24. The highest BCUT2D eigenvalue weighted by molar-refractivity contribution is 5.77. The van der Waals surface area contributed by atoms with Gasteiger partial charge in [0.25, 0.3) is 0 Å². The summed E-state index contributed by atoms with van der Waals surface area (Å²) in [5.74, 6) is -0.0634. The van der Waals surface area contributed by atoms with Crippen molar-refractivity contribution in [3.05, 3.63) is 64.3 Å². The van der Waals surface area contributed by atoms with E-state index in [1.165, 1.54) is 12.1 Å². The zero-order valence-electron chi connectivity index (χ0n) is 11.4. The summed E-state index contributed by atoms with van der Waals surface area (Å²) in [5, 5.41) is 0. The molecule has 1 N–H and O–H groups in total. The van der Waals surface area contributed by atoms with Crippen LogP contribution < -0.4 is 5.69 Å². The van der Waals surface area contributed by atoms with Crippen LogP contribution in [0.5, 0.6) is 0 Å². The summed E-state index contributed by atoms with van der Waals surface area (Å²) in [6, 6.07) is 12.1. The van der Waals surface area contributed by atoms with Gasteiger partial charge in [-0.1, -0.05) is 32.0 Å². The van der Waals surface area contributed by atoms with Gasteiger partial charge < -0.3 is 4.98 Å². The number of aromatic amines is 1. The summed E-state index contributed by atoms with van der Waals surface area (Å²) in [5.41, 5.74) is 2.86. The van der Waals surface area contributed by atoms with Gasteiger partial charge in [-0.15, -0.1) is 0 Å². The standard InChI is InChI=1S/C16H15FN2O/c1-10(2)12-5-3-4-6-14(12)19-15-8-7-11(17)9-13(15)18-16(19)20/h3-10H,1-2H3,(H,18,20). The van der Waals surface area contributed by atoms with E-state index >= 15 is 0 Å². The highest BCUT2D eigenvalue weighted by Gasteiger charge is 2.13. The van der Waals surface area contributed by atoms with Crippen LogP contribution in [0.15, 0.2) is 47.3 Å². The quantitative estimate of drug-likeness (QED) is 0.759. The Balaban J connectivity index is 2.36. The first kappa shape index (κ1) is 12.7. The molecule has 0 aliphatic carbocycles. The molecule has 102 valence electrons. The van der Waals surface area contributed by atoms with Crippen LogP contribution in [-0.2, 0) is 0 Å². The summed E-state index contributed by atoms with van der Waals surface area (Å²) in [6.45, 7) is 4.16. The largest absolute Gasteiger partial charge is 0.331 e. The zero-order valence-corrected chi connectivity index (χ0v) is 11.4. The molecule has 3 aromatic rings. The molecule has 0 saturated heterocycles. The van der Waals surface area contributed by atoms with Gasteiger partial charge in [0.15, 0.2) is 0 Å². The molecule has 0 atom stereocenters. The average Bonchev–Trinajstić information content (AvgIpc) is 2.73. The van der Waals surface area contributed by atoms with E-state index in [2.05, 4.69) is 18.8 Å². The van der Waals surface area contributed by atoms with Crippen LogP contribution in [0.1, 0.15) is 25.3 Å². The Bertz CT molecular complexity index is 830. The van der Waals surface area contributed by atoms with Crippen molar-refractivity contribution in [2.24, 2.45) is 0 Å². The molecule has 0 unspecified atom stereocenters. The first-order valence-electron chi connectivity index (χ1n) is 6.57. The topological polar surface area (TPSA) is 37.8 Å². The molecule has 0 aliphatic rings. The number of halogens is 1. The smallest absolute Gasteiger partial charge is 0.305 e. The summed E-state index contributed by atoms with van der Waals surface area (Å²) in [6.07, 6.45) is 0. The summed E-state index contributed by atoms with van der Waals surface area (Å²) >= 11 is 0. The predicted octanol–water partition coefficient (Wildman–Crippen LogP) is 3.58. The van der Waals surface area contributed by atoms with Crippen LogP contribution in [0.25, 0.3) is 16.7 Å². The van der Waals surface area contributed by atoms with Crippen LogP contribution in [0.4, 0.5) is 4.39 Å². The van der Waals surface area contributed by atoms with Crippen molar-refractivity contribution in [3.8, 4) is 5.69 Å². The number of imidazole rings is 1. The Labute approximate surface area is 115 Å². The number of hydrogen-bond donors (Lipinski definition) is 1. The van der Waals surface area contributed by atoms with Crippen LogP contribution in [-0.4, -0.2) is 9.55 Å². The van der Waals surface area contributed by atoms with E-state index in [-0.39, 0.29) is 11.5 Å². The highest BCUT2D eigenvalue weighted by atomic mass is 19.1. The SMILES string of the molecule is CC(C)c1ccccc1-n1c(=O)[nH]c2cc(F)ccc21. The Morgan fingerprint density at radius 1 is 1.15 bits per heavy atom. The van der Waals surface area contributed by atoms with Crippen LogP contribution in [0.3, 0.4) is 0 Å². The van der Waals surface area contributed by atoms with Crippen LogP contribution in [0, 0.1) is 5.82 Å². The van der Waals surface area contributed by atoms with Gasteiger partial charge in [0.2, 0.25) is 0 Å². The van der Waals surface area contributed by atoms with E-state index in [1.807, 2.05) is 24.3 Å². The molecular formula is C16H15FN2O. The van der Waals surface area contributed by atoms with Gasteiger partial charge in [-0.3, -0.25) is 4.57 Å². The number of aromatic nitrogens is 2. The number of nitrogens with zero attached hydrogens (tertiary/aromatic N) is 1. The lowest BCUT2D eigenvalue weighted by atomic mass is 10.0. The van der Waals surface area contributed by atoms with Gasteiger partial charge in [-0.25, -0.2) is 9.18 Å². The van der Waals surface area contributed by atoms with Crippen molar-refractivity contribution in [1.82, 2.24) is 9.55 Å². The maximum Gasteiger partial charge on any atom is 0.331 e. The van der Waals surface area contributed by atoms with Crippen LogP contribution >= 0.6 is 0 Å². The maximum absolute atomic E-state index is 13.3. The molecule has 0 saturated carbocycles. The third-order valence-electron chi connectivity index (χ3n) is 3.44. The molecule has 0 radical (unpaired) electrons. The molecule has 0 fully saturated rings. The Morgan fingerprint density at radius 2 is 1.90 bits per heavy atom. The van der Waals surface area contributed by atoms with Crippen molar-refractivity contribution in [2.45, 2.75) is 19.8 Å². The van der Waals surface area contributed by atoms with Gasteiger partial charge in [0.05, 0.1) is 16.7 Å². The summed E-state index contributed by atoms with van der Waals surface area (Å²) in [4.78, 5) is 14.9. The predicted molar refractivity (Wildman–Crippen MR) is 77.9 cm³/mol. The van der Waals surface area contributed by atoms with Crippen molar-refractivity contribution >= 4 is 11.0 Å². The fraction of sp³-hybridized carbons (Fsp3) is 0.188. The molecule has 3 nitrogen and oxygen atoms in total. The number of nitrogens with one attached hydrogen (secondary N) is 1. The molecule has 1 aromatic heterocycles. The second kappa shape index (κ2) is 4.63. The molecule has 0 spiro atoms. The fourth-order valence-electron chi connectivity index (χ4n) is 2.50. The molecule has 3 rings (SSSR count). The van der Waals surface area contributed by atoms with E-state index < -0.39 is 0 Å². The second-order valence-electron chi connectivity index (χ2n) is 5.14. The van der Waals surface area contributed by atoms with E-state index in [0.29, 0.717) is 17.0 Å². The van der Waals surface area contributed by atoms with Crippen molar-refractivity contribution in [3.63, 3.8) is 0 Å². The second-order valence-corrected chi connectivity index (χ2v) is 5.14. The van der Waals surface area contributed by atoms with Gasteiger partial charge >= 0.3 is 5.69 Å². The Kier molecular flexibility index (Phi) is 2.93. The normalized spacial score (nSPS) is 11.4. The minimum atomic E-state index is -0.358. The minimum Gasteiger partial charge on any atom is -0.305 e. The van der Waals surface area contributed by atoms with Crippen molar-refractivity contribution in [1.29, 1.82) is 0 Å². The lowest BCUT2D eigenvalue weighted by Crippen LogP contribution is -2.16. The lowest BCUT2D eigenvalue weighted by Gasteiger charge is -2.13. The first-order chi connectivity index (χ1) is 9.58. The van der Waals surface area contributed by atoms with Gasteiger partial charge in [0.1, 0.15) is 5.82 Å². The van der Waals surface area contributed by atoms with E-state index in [0.717, 1.165) is 11.3 Å². The Morgan fingerprint density at radius 3 is 2.65 bits per heavy atom. The average molecular weight is 270 g/mol. The molecule has 0 bridgehead atoms. The van der Waals surface area contributed by atoms with Gasteiger partial charge in [0, 0.05) is 0 Å². The number of para-hydroxylation sites is 1. The number of benzene rings is 2. The van der Waals surface area contributed by atoms with E-state index in [9.17, 15) is 9.18 Å². The minimum absolute atomic E-state index is 0.251. The zero-order chi connectivity index (χ0) is 14.3. The van der Waals surface area contributed by atoms with E-state index in [1.54, 1.807) is 10.6 Å². The monoisotopic (exact) mass is 270 g/mol. The van der Waals surface area contributed by atoms with Gasteiger partial charge in [-0.2, -0.15) is 0 Å². The first-order valence-corrected chi connectivity index (χ1v) is 6.57. The van der Waals surface area contributed by atoms with Crippen LogP contribution in [0.2, 0.25) is 0 Å². The molecule has 1 heterocycles. The molecule has 0 aliphatic heterocycles. The number of fused-ring (bicyclic) bond motifs is 1. The number of rotatable bonds is 2. The molecule has 0 amide bonds. The summed E-state index contributed by atoms with van der Waals surface area (Å²) < 4.78 is 14.9. The molecule has 20 heavy (non-hydrogen) atoms. The molecule has 4 heteroatoms. The number of hydrogen-bond acceptors (Lipinski definition) is 1. The van der Waals surface area contributed by atoms with Gasteiger partial charge in [-0.05, 0) is 35.7 Å². The summed E-state index contributed by atoms with van der Waals surface area (Å²) in [7, 11) is 0. The molecular weight excluding hydrogens is 255 g/mol. The van der Waals surface area contributed by atoms with Crippen molar-refractivity contribution < 1.29 is 4.39 Å². The number of H-pyrrole nitrogens is 1. The maximum atomic E-state index is 13.3. The Hall–Kier alpha value is -2.36.